The van der Waals surface area contributed by atoms with E-state index < -0.39 is 6.10 Å². The lowest BCUT2D eigenvalue weighted by atomic mass is 10.1. The van der Waals surface area contributed by atoms with Gasteiger partial charge in [0.05, 0.1) is 6.61 Å². The second-order valence-corrected chi connectivity index (χ2v) is 15.1. The summed E-state index contributed by atoms with van der Waals surface area (Å²) in [7, 11) is 0. The minimum absolute atomic E-state index is 0.0667. The fraction of sp³-hybridized carbons (Fsp3) is 0.830. The molecule has 0 unspecified atom stereocenters. The van der Waals surface area contributed by atoms with E-state index in [1.54, 1.807) is 0 Å². The van der Waals surface area contributed by atoms with Gasteiger partial charge in [-0.1, -0.05) is 185 Å². The number of ether oxygens (including phenoxy) is 2. The first kappa shape index (κ1) is 50.1. The third-order valence-electron chi connectivity index (χ3n) is 9.91. The topological polar surface area (TPSA) is 72.8 Å². The number of unbranched alkanes of at least 4 members (excludes halogenated alkanes) is 27. The van der Waals surface area contributed by atoms with Crippen LogP contribution in [-0.2, 0) is 19.1 Å². The molecule has 5 nitrogen and oxygen atoms in total. The summed E-state index contributed by atoms with van der Waals surface area (Å²) in [6, 6.07) is 0. The Morgan fingerprint density at radius 1 is 0.442 bits per heavy atom. The molecule has 0 aliphatic carbocycles. The van der Waals surface area contributed by atoms with E-state index in [-0.39, 0.29) is 25.2 Å². The number of aliphatic hydroxyl groups is 1. The Morgan fingerprint density at radius 2 is 0.769 bits per heavy atom. The molecule has 0 saturated heterocycles. The Kier molecular flexibility index (Phi) is 42.0. The van der Waals surface area contributed by atoms with Crippen LogP contribution in [0.5, 0.6) is 0 Å². The van der Waals surface area contributed by atoms with E-state index in [4.69, 9.17) is 9.47 Å². The quantitative estimate of drug-likeness (QED) is 0.0385. The average molecular weight is 731 g/mol. The van der Waals surface area contributed by atoms with Crippen LogP contribution < -0.4 is 0 Å². The molecular formula is C47H86O5. The smallest absolute Gasteiger partial charge is 0.306 e. The zero-order chi connectivity index (χ0) is 37.8. The van der Waals surface area contributed by atoms with Gasteiger partial charge in [-0.3, -0.25) is 9.59 Å². The zero-order valence-corrected chi connectivity index (χ0v) is 34.6. The third-order valence-corrected chi connectivity index (χ3v) is 9.91. The molecule has 0 aromatic heterocycles. The number of hydrogen-bond donors (Lipinski definition) is 1. The zero-order valence-electron chi connectivity index (χ0n) is 34.6. The largest absolute Gasteiger partial charge is 0.462 e. The number of aliphatic hydroxyl groups excluding tert-OH is 1. The molecule has 0 saturated carbocycles. The lowest BCUT2D eigenvalue weighted by Crippen LogP contribution is -2.28. The van der Waals surface area contributed by atoms with Crippen LogP contribution in [0.1, 0.15) is 232 Å². The molecule has 0 aromatic rings. The highest BCUT2D eigenvalue weighted by molar-refractivity contribution is 5.70. The van der Waals surface area contributed by atoms with E-state index in [9.17, 15) is 14.7 Å². The van der Waals surface area contributed by atoms with Gasteiger partial charge < -0.3 is 14.6 Å². The molecule has 1 atom stereocenters. The van der Waals surface area contributed by atoms with E-state index >= 15 is 0 Å². The molecule has 52 heavy (non-hydrogen) atoms. The normalized spacial score (nSPS) is 12.4. The van der Waals surface area contributed by atoms with Crippen molar-refractivity contribution in [3.8, 4) is 0 Å². The van der Waals surface area contributed by atoms with Crippen LogP contribution in [0.2, 0.25) is 0 Å². The van der Waals surface area contributed by atoms with Gasteiger partial charge in [0.15, 0.2) is 6.10 Å². The molecule has 0 heterocycles. The Labute approximate surface area is 323 Å². The van der Waals surface area contributed by atoms with Gasteiger partial charge in [0.2, 0.25) is 0 Å². The van der Waals surface area contributed by atoms with Crippen molar-refractivity contribution in [3.63, 3.8) is 0 Å². The molecule has 0 aliphatic heterocycles. The molecule has 0 rings (SSSR count). The van der Waals surface area contributed by atoms with Crippen LogP contribution in [0, 0.1) is 0 Å². The monoisotopic (exact) mass is 731 g/mol. The van der Waals surface area contributed by atoms with Gasteiger partial charge in [0, 0.05) is 12.8 Å². The number of allylic oxidation sites excluding steroid dienone is 6. The highest BCUT2D eigenvalue weighted by Crippen LogP contribution is 2.14. The van der Waals surface area contributed by atoms with Crippen molar-refractivity contribution in [3.05, 3.63) is 36.5 Å². The Balaban J connectivity index is 3.52. The van der Waals surface area contributed by atoms with Gasteiger partial charge in [-0.2, -0.15) is 0 Å². The maximum atomic E-state index is 12.2. The molecule has 0 fully saturated rings. The van der Waals surface area contributed by atoms with E-state index in [1.165, 1.54) is 161 Å². The van der Waals surface area contributed by atoms with Crippen molar-refractivity contribution in [2.75, 3.05) is 13.2 Å². The molecule has 0 bridgehead atoms. The molecule has 304 valence electrons. The van der Waals surface area contributed by atoms with Crippen LogP contribution in [0.3, 0.4) is 0 Å². The predicted octanol–water partition coefficient (Wildman–Crippen LogP) is 14.4. The SMILES string of the molecule is CCCCC/C=C/C/C=C/CCCCCCCCCCCC(=O)O[C@@H](CO)COC(=O)CCCCCCCCCCC/C=C/CCCCCCCC. The molecule has 0 aliphatic rings. The van der Waals surface area contributed by atoms with Crippen LogP contribution in [-0.4, -0.2) is 36.4 Å². The molecule has 1 N–H and O–H groups in total. The van der Waals surface area contributed by atoms with Crippen LogP contribution in [0.4, 0.5) is 0 Å². The Morgan fingerprint density at radius 3 is 1.19 bits per heavy atom. The molecule has 0 spiro atoms. The summed E-state index contributed by atoms with van der Waals surface area (Å²) in [5, 5.41) is 9.59. The van der Waals surface area contributed by atoms with E-state index in [0.717, 1.165) is 44.9 Å². The van der Waals surface area contributed by atoms with Crippen molar-refractivity contribution < 1.29 is 24.2 Å². The van der Waals surface area contributed by atoms with Crippen molar-refractivity contribution in [2.24, 2.45) is 0 Å². The van der Waals surface area contributed by atoms with Crippen molar-refractivity contribution in [1.29, 1.82) is 0 Å². The standard InChI is InChI=1S/C47H86O5/c1-3-5-7-9-11-13-15-17-19-21-23-25-27-29-31-33-35-37-39-41-46(49)51-44-45(43-48)52-47(50)42-40-38-36-34-32-30-28-26-24-22-20-18-16-14-12-10-8-6-4-2/h12,14,17-20,45,48H,3-11,13,15-16,21-44H2,1-2H3/b14-12+,19-17+,20-18+/t45-/m0/s1. The molecular weight excluding hydrogens is 645 g/mol. The second-order valence-electron chi connectivity index (χ2n) is 15.1. The number of esters is 2. The summed E-state index contributed by atoms with van der Waals surface area (Å²) >= 11 is 0. The Hall–Kier alpha value is -1.88. The highest BCUT2D eigenvalue weighted by atomic mass is 16.6. The van der Waals surface area contributed by atoms with Gasteiger partial charge in [-0.15, -0.1) is 0 Å². The predicted molar refractivity (Wildman–Crippen MR) is 224 cm³/mol. The molecule has 5 heteroatoms. The maximum absolute atomic E-state index is 12.2. The summed E-state index contributed by atoms with van der Waals surface area (Å²) < 4.78 is 10.6. The summed E-state index contributed by atoms with van der Waals surface area (Å²) in [5.74, 6) is -0.591. The summed E-state index contributed by atoms with van der Waals surface area (Å²) in [6.45, 7) is 4.12. The van der Waals surface area contributed by atoms with Crippen LogP contribution in [0.25, 0.3) is 0 Å². The van der Waals surface area contributed by atoms with Crippen molar-refractivity contribution in [2.45, 2.75) is 238 Å². The fourth-order valence-electron chi connectivity index (χ4n) is 6.46. The molecule has 0 radical (unpaired) electrons. The first-order valence-electron chi connectivity index (χ1n) is 22.5. The average Bonchev–Trinajstić information content (AvgIpc) is 3.15. The number of rotatable bonds is 41. The van der Waals surface area contributed by atoms with Gasteiger partial charge >= 0.3 is 11.9 Å². The van der Waals surface area contributed by atoms with Gasteiger partial charge in [-0.25, -0.2) is 0 Å². The van der Waals surface area contributed by atoms with Crippen molar-refractivity contribution in [1.82, 2.24) is 0 Å². The first-order chi connectivity index (χ1) is 25.6. The van der Waals surface area contributed by atoms with Crippen LogP contribution in [0.15, 0.2) is 36.5 Å². The van der Waals surface area contributed by atoms with Gasteiger partial charge in [0.1, 0.15) is 6.61 Å². The number of carbonyl (C=O) groups excluding carboxylic acids is 2. The summed E-state index contributed by atoms with van der Waals surface area (Å²) in [5.41, 5.74) is 0. The Bertz CT molecular complexity index is 832. The first-order valence-corrected chi connectivity index (χ1v) is 22.5. The fourth-order valence-corrected chi connectivity index (χ4v) is 6.46. The molecule has 0 amide bonds. The minimum Gasteiger partial charge on any atom is -0.462 e. The van der Waals surface area contributed by atoms with E-state index in [1.807, 2.05) is 0 Å². The number of hydrogen-bond acceptors (Lipinski definition) is 5. The lowest BCUT2D eigenvalue weighted by molar-refractivity contribution is -0.161. The van der Waals surface area contributed by atoms with E-state index in [2.05, 4.69) is 50.3 Å². The van der Waals surface area contributed by atoms with Crippen molar-refractivity contribution >= 4 is 11.9 Å². The second kappa shape index (κ2) is 43.5. The highest BCUT2D eigenvalue weighted by Gasteiger charge is 2.16. The molecule has 0 aromatic carbocycles. The third kappa shape index (κ3) is 40.9. The summed E-state index contributed by atoms with van der Waals surface area (Å²) in [4.78, 5) is 24.4. The summed E-state index contributed by atoms with van der Waals surface area (Å²) in [6.07, 6.45) is 53.5. The van der Waals surface area contributed by atoms with Crippen LogP contribution >= 0.6 is 0 Å². The lowest BCUT2D eigenvalue weighted by Gasteiger charge is -2.15. The number of carbonyl (C=O) groups is 2. The van der Waals surface area contributed by atoms with Gasteiger partial charge in [0.25, 0.3) is 0 Å². The maximum Gasteiger partial charge on any atom is 0.306 e. The van der Waals surface area contributed by atoms with Gasteiger partial charge in [-0.05, 0) is 70.6 Å². The van der Waals surface area contributed by atoms with E-state index in [0.29, 0.717) is 12.8 Å². The minimum atomic E-state index is -0.773.